The van der Waals surface area contributed by atoms with Crippen LogP contribution in [0.2, 0.25) is 0 Å². The van der Waals surface area contributed by atoms with Gasteiger partial charge in [0, 0.05) is 41.3 Å². The number of thioether (sulfide) groups is 1. The Hall–Kier alpha value is -3.29. The van der Waals surface area contributed by atoms with E-state index >= 15 is 0 Å². The highest BCUT2D eigenvalue weighted by atomic mass is 32.2. The van der Waals surface area contributed by atoms with Crippen molar-refractivity contribution in [2.45, 2.75) is 16.2 Å². The number of anilines is 1. The molecule has 0 unspecified atom stereocenters. The van der Waals surface area contributed by atoms with Crippen LogP contribution in [0.4, 0.5) is 5.69 Å². The summed E-state index contributed by atoms with van der Waals surface area (Å²) in [6.07, 6.45) is 3.33. The fourth-order valence-corrected chi connectivity index (χ4v) is 4.48. The molecule has 160 valence electrons. The number of benzene rings is 2. The largest absolute Gasteiger partial charge is 0.360 e. The van der Waals surface area contributed by atoms with Crippen LogP contribution in [0, 0.1) is 11.3 Å². The first-order chi connectivity index (χ1) is 14.8. The van der Waals surface area contributed by atoms with E-state index in [4.69, 9.17) is 5.26 Å². The lowest BCUT2D eigenvalue weighted by Gasteiger charge is -2.15. The minimum absolute atomic E-state index is 0.0836. The number of carbonyl (C=O) groups is 1. The minimum atomic E-state index is -3.95. The molecule has 0 saturated carbocycles. The van der Waals surface area contributed by atoms with Crippen LogP contribution in [0.15, 0.2) is 63.2 Å². The number of rotatable bonds is 7. The predicted molar refractivity (Wildman–Crippen MR) is 121 cm³/mol. The Labute approximate surface area is 183 Å². The Bertz CT molecular complexity index is 1340. The summed E-state index contributed by atoms with van der Waals surface area (Å²) >= 11 is 1.49. The molecular formula is C21H20N4O4S2. The van der Waals surface area contributed by atoms with Gasteiger partial charge in [0.15, 0.2) is 0 Å². The summed E-state index contributed by atoms with van der Waals surface area (Å²) in [5.74, 6) is -0.543. The fourth-order valence-electron chi connectivity index (χ4n) is 2.95. The molecule has 0 aliphatic rings. The van der Waals surface area contributed by atoms with E-state index in [9.17, 15) is 18.0 Å². The van der Waals surface area contributed by atoms with Crippen LogP contribution in [0.25, 0.3) is 10.9 Å². The average Bonchev–Trinajstić information content (AvgIpc) is 2.77. The van der Waals surface area contributed by atoms with Crippen LogP contribution in [0.1, 0.15) is 16.8 Å². The highest BCUT2D eigenvalue weighted by molar-refractivity contribution is 7.98. The van der Waals surface area contributed by atoms with E-state index in [1.165, 1.54) is 48.1 Å². The molecular weight excluding hydrogens is 436 g/mol. The number of carbonyl (C=O) groups excluding carboxylic acids is 1. The zero-order chi connectivity index (χ0) is 22.6. The molecule has 0 saturated heterocycles. The second-order valence-electron chi connectivity index (χ2n) is 6.71. The summed E-state index contributed by atoms with van der Waals surface area (Å²) in [6, 6.07) is 13.0. The molecule has 10 heteroatoms. The normalized spacial score (nSPS) is 11.1. The Morgan fingerprint density at radius 2 is 2.03 bits per heavy atom. The lowest BCUT2D eigenvalue weighted by atomic mass is 10.1. The molecule has 2 aromatic carbocycles. The first-order valence-electron chi connectivity index (χ1n) is 9.21. The summed E-state index contributed by atoms with van der Waals surface area (Å²) in [6.45, 7) is 0.181. The van der Waals surface area contributed by atoms with Gasteiger partial charge in [-0.3, -0.25) is 14.3 Å². The molecule has 0 spiro atoms. The van der Waals surface area contributed by atoms with Gasteiger partial charge in [-0.15, -0.1) is 11.8 Å². The third kappa shape index (κ3) is 4.90. The number of hydrogen-bond donors (Lipinski definition) is 2. The van der Waals surface area contributed by atoms with E-state index in [0.29, 0.717) is 11.2 Å². The van der Waals surface area contributed by atoms with Crippen molar-refractivity contribution in [3.8, 4) is 6.07 Å². The first kappa shape index (κ1) is 22.4. The molecule has 1 heterocycles. The van der Waals surface area contributed by atoms with E-state index in [1.54, 1.807) is 18.2 Å². The average molecular weight is 457 g/mol. The summed E-state index contributed by atoms with van der Waals surface area (Å²) < 4.78 is 28.2. The molecule has 0 aliphatic heterocycles. The Kier molecular flexibility index (Phi) is 6.68. The molecule has 0 aliphatic carbocycles. The Morgan fingerprint density at radius 1 is 1.26 bits per heavy atom. The third-order valence-corrected chi connectivity index (χ3v) is 6.72. The Morgan fingerprint density at radius 3 is 2.74 bits per heavy atom. The molecule has 1 amide bonds. The van der Waals surface area contributed by atoms with Crippen molar-refractivity contribution < 1.29 is 13.2 Å². The molecule has 31 heavy (non-hydrogen) atoms. The monoisotopic (exact) mass is 456 g/mol. The zero-order valence-corrected chi connectivity index (χ0v) is 18.5. The number of sulfonamides is 1. The van der Waals surface area contributed by atoms with Crippen LogP contribution in [-0.2, 0) is 10.0 Å². The quantitative estimate of drug-likeness (QED) is 0.527. The van der Waals surface area contributed by atoms with Gasteiger partial charge in [0.1, 0.15) is 5.56 Å². The number of amides is 1. The molecule has 0 atom stereocenters. The van der Waals surface area contributed by atoms with Crippen molar-refractivity contribution in [1.82, 2.24) is 9.88 Å². The Balaban J connectivity index is 1.99. The minimum Gasteiger partial charge on any atom is -0.360 e. The van der Waals surface area contributed by atoms with E-state index in [1.807, 2.05) is 18.4 Å². The van der Waals surface area contributed by atoms with Crippen molar-refractivity contribution >= 4 is 44.3 Å². The van der Waals surface area contributed by atoms with Gasteiger partial charge in [-0.05, 0) is 42.7 Å². The van der Waals surface area contributed by atoms with E-state index < -0.39 is 21.4 Å². The van der Waals surface area contributed by atoms with Gasteiger partial charge in [0.25, 0.3) is 15.9 Å². The van der Waals surface area contributed by atoms with Gasteiger partial charge >= 0.3 is 0 Å². The lowest BCUT2D eigenvalue weighted by molar-refractivity contribution is 0.0796. The van der Waals surface area contributed by atoms with Gasteiger partial charge in [-0.25, -0.2) is 8.42 Å². The maximum atomic E-state index is 12.9. The fraction of sp³-hybridized carbons (Fsp3) is 0.190. The van der Waals surface area contributed by atoms with Crippen molar-refractivity contribution in [3.05, 3.63) is 64.4 Å². The molecule has 0 radical (unpaired) electrons. The number of nitriles is 1. The zero-order valence-electron chi connectivity index (χ0n) is 16.9. The first-order valence-corrected chi connectivity index (χ1v) is 11.9. The second-order valence-corrected chi connectivity index (χ2v) is 9.27. The van der Waals surface area contributed by atoms with Crippen LogP contribution >= 0.6 is 11.8 Å². The number of fused-ring (bicyclic) bond motifs is 1. The van der Waals surface area contributed by atoms with Gasteiger partial charge in [-0.2, -0.15) is 5.26 Å². The van der Waals surface area contributed by atoms with Gasteiger partial charge in [0.05, 0.1) is 17.4 Å². The highest BCUT2D eigenvalue weighted by Crippen LogP contribution is 2.23. The van der Waals surface area contributed by atoms with E-state index in [2.05, 4.69) is 9.71 Å². The highest BCUT2D eigenvalue weighted by Gasteiger charge is 2.20. The lowest BCUT2D eigenvalue weighted by Crippen LogP contribution is -2.31. The number of H-pyrrole nitrogens is 1. The van der Waals surface area contributed by atoms with Crippen molar-refractivity contribution in [2.75, 3.05) is 24.6 Å². The predicted octanol–water partition coefficient (Wildman–Crippen LogP) is 3.04. The molecule has 3 rings (SSSR count). The number of nitrogens with one attached hydrogen (secondary N) is 2. The molecule has 0 bridgehead atoms. The molecule has 3 aromatic rings. The van der Waals surface area contributed by atoms with E-state index in [-0.39, 0.29) is 28.8 Å². The van der Waals surface area contributed by atoms with Crippen molar-refractivity contribution in [2.24, 2.45) is 0 Å². The van der Waals surface area contributed by atoms with Crippen molar-refractivity contribution in [3.63, 3.8) is 0 Å². The second kappa shape index (κ2) is 9.24. The summed E-state index contributed by atoms with van der Waals surface area (Å²) in [5, 5.41) is 8.77. The maximum absolute atomic E-state index is 12.9. The standard InChI is InChI=1S/C21H20N4O4S2/c1-25(10-4-9-22)21(27)18-13-23-19-8-7-16(12-17(19)20(18)26)31(28,29)24-14-5-3-6-15(11-14)30-2/h3,5-8,11-13,24H,4,10H2,1-2H3,(H,23,26). The van der Waals surface area contributed by atoms with Crippen LogP contribution in [0.5, 0.6) is 0 Å². The molecule has 8 nitrogen and oxygen atoms in total. The van der Waals surface area contributed by atoms with E-state index in [0.717, 1.165) is 4.90 Å². The molecule has 1 aromatic heterocycles. The number of aromatic nitrogens is 1. The topological polar surface area (TPSA) is 123 Å². The smallest absolute Gasteiger partial charge is 0.261 e. The van der Waals surface area contributed by atoms with Crippen LogP contribution in [-0.4, -0.2) is 44.1 Å². The summed E-state index contributed by atoms with van der Waals surface area (Å²) in [5.41, 5.74) is 0.112. The molecule has 2 N–H and O–H groups in total. The third-order valence-electron chi connectivity index (χ3n) is 4.62. The van der Waals surface area contributed by atoms with Crippen molar-refractivity contribution in [1.29, 1.82) is 5.26 Å². The number of aromatic amines is 1. The van der Waals surface area contributed by atoms with Crippen LogP contribution < -0.4 is 10.2 Å². The number of pyridine rings is 1. The van der Waals surface area contributed by atoms with Gasteiger partial charge in [-0.1, -0.05) is 6.07 Å². The number of nitrogens with zero attached hydrogens (tertiary/aromatic N) is 2. The maximum Gasteiger partial charge on any atom is 0.261 e. The summed E-state index contributed by atoms with van der Waals surface area (Å²) in [7, 11) is -2.45. The number of hydrogen-bond acceptors (Lipinski definition) is 6. The SMILES string of the molecule is CSc1cccc(NS(=O)(=O)c2ccc3[nH]cc(C(=O)N(C)CCC#N)c(=O)c3c2)c1. The van der Waals surface area contributed by atoms with Gasteiger partial charge in [0.2, 0.25) is 5.43 Å². The molecule has 0 fully saturated rings. The summed E-state index contributed by atoms with van der Waals surface area (Å²) in [4.78, 5) is 30.4. The van der Waals surface area contributed by atoms with Crippen LogP contribution in [0.3, 0.4) is 0 Å². The van der Waals surface area contributed by atoms with Gasteiger partial charge < -0.3 is 9.88 Å².